The van der Waals surface area contributed by atoms with Crippen molar-refractivity contribution in [1.29, 1.82) is 0 Å². The number of piperidine rings is 1. The summed E-state index contributed by atoms with van der Waals surface area (Å²) in [6.07, 6.45) is 3.71. The van der Waals surface area contributed by atoms with Crippen LogP contribution in [0.4, 0.5) is 4.79 Å². The Hall–Kier alpha value is -2.16. The molecule has 3 fully saturated rings. The number of nitrogens with zero attached hydrogens (tertiary/aromatic N) is 2. The summed E-state index contributed by atoms with van der Waals surface area (Å²) >= 11 is 0. The number of nitrogens with one attached hydrogen (secondary N) is 3. The van der Waals surface area contributed by atoms with Gasteiger partial charge in [-0.25, -0.2) is 4.79 Å². The molecule has 0 bridgehead atoms. The number of hydrogen-bond acceptors (Lipinski definition) is 5. The molecule has 0 saturated carbocycles. The summed E-state index contributed by atoms with van der Waals surface area (Å²) in [5.41, 5.74) is -1.02. The predicted octanol–water partition coefficient (Wildman–Crippen LogP) is -0.576. The number of imide groups is 1. The molecule has 27 heavy (non-hydrogen) atoms. The summed E-state index contributed by atoms with van der Waals surface area (Å²) in [6.45, 7) is 5.77. The molecule has 9 heteroatoms. The number of rotatable bonds is 5. The number of amides is 5. The van der Waals surface area contributed by atoms with E-state index in [2.05, 4.69) is 16.0 Å². The van der Waals surface area contributed by atoms with Crippen LogP contribution in [-0.2, 0) is 14.4 Å². The van der Waals surface area contributed by atoms with Crippen LogP contribution in [0.3, 0.4) is 0 Å². The minimum Gasteiger partial charge on any atom is -0.354 e. The van der Waals surface area contributed by atoms with Gasteiger partial charge in [0, 0.05) is 19.6 Å². The number of hydrogen-bond donors (Lipinski definition) is 3. The SMILES string of the molecule is CC1(C)C(=O)NC(=O)N1CC(=O)N1CCCC(CNC(=O)C2CCCN2)C1. The van der Waals surface area contributed by atoms with E-state index in [-0.39, 0.29) is 36.2 Å². The molecule has 3 heterocycles. The summed E-state index contributed by atoms with van der Waals surface area (Å²) in [5, 5.41) is 8.43. The number of urea groups is 1. The van der Waals surface area contributed by atoms with Crippen LogP contribution in [0.15, 0.2) is 0 Å². The topological polar surface area (TPSA) is 111 Å². The van der Waals surface area contributed by atoms with Gasteiger partial charge in [0.05, 0.1) is 6.04 Å². The second-order valence-electron chi connectivity index (χ2n) is 8.15. The number of likely N-dealkylation sites (tertiary alicyclic amines) is 1. The van der Waals surface area contributed by atoms with Crippen LogP contribution in [-0.4, -0.2) is 77.9 Å². The van der Waals surface area contributed by atoms with Crippen molar-refractivity contribution in [3.63, 3.8) is 0 Å². The van der Waals surface area contributed by atoms with E-state index in [1.807, 2.05) is 0 Å². The molecular weight excluding hydrogens is 350 g/mol. The first-order chi connectivity index (χ1) is 12.8. The molecule has 0 spiro atoms. The zero-order valence-corrected chi connectivity index (χ0v) is 16.0. The second kappa shape index (κ2) is 7.84. The molecule has 0 aliphatic carbocycles. The van der Waals surface area contributed by atoms with E-state index < -0.39 is 11.6 Å². The molecular formula is C18H29N5O4. The van der Waals surface area contributed by atoms with Crippen molar-refractivity contribution in [2.75, 3.05) is 32.7 Å². The minimum absolute atomic E-state index is 0.0324. The molecule has 3 aliphatic rings. The van der Waals surface area contributed by atoms with Crippen LogP contribution in [0.5, 0.6) is 0 Å². The van der Waals surface area contributed by atoms with Crippen molar-refractivity contribution >= 4 is 23.8 Å². The molecule has 0 radical (unpaired) electrons. The maximum absolute atomic E-state index is 12.7. The summed E-state index contributed by atoms with van der Waals surface area (Å²) < 4.78 is 0. The highest BCUT2D eigenvalue weighted by molar-refractivity contribution is 6.07. The van der Waals surface area contributed by atoms with Gasteiger partial charge in [-0.2, -0.15) is 0 Å². The van der Waals surface area contributed by atoms with Gasteiger partial charge in [0.2, 0.25) is 11.8 Å². The third kappa shape index (κ3) is 4.23. The monoisotopic (exact) mass is 379 g/mol. The molecule has 3 aliphatic heterocycles. The Labute approximate surface area is 159 Å². The Morgan fingerprint density at radius 1 is 1.22 bits per heavy atom. The fraction of sp³-hybridized carbons (Fsp3) is 0.778. The predicted molar refractivity (Wildman–Crippen MR) is 97.7 cm³/mol. The van der Waals surface area contributed by atoms with Crippen LogP contribution in [0.25, 0.3) is 0 Å². The molecule has 0 aromatic rings. The lowest BCUT2D eigenvalue weighted by molar-refractivity contribution is -0.135. The third-order valence-electron chi connectivity index (χ3n) is 5.80. The zero-order valence-electron chi connectivity index (χ0n) is 16.0. The van der Waals surface area contributed by atoms with Gasteiger partial charge in [-0.1, -0.05) is 0 Å². The quantitative estimate of drug-likeness (QED) is 0.554. The molecule has 3 N–H and O–H groups in total. The van der Waals surface area contributed by atoms with Gasteiger partial charge in [0.15, 0.2) is 0 Å². The first-order valence-corrected chi connectivity index (χ1v) is 9.71. The van der Waals surface area contributed by atoms with Crippen molar-refractivity contribution in [2.45, 2.75) is 51.1 Å². The Morgan fingerprint density at radius 3 is 2.63 bits per heavy atom. The Bertz CT molecular complexity index is 629. The fourth-order valence-electron chi connectivity index (χ4n) is 3.93. The van der Waals surface area contributed by atoms with Crippen molar-refractivity contribution in [2.24, 2.45) is 5.92 Å². The maximum Gasteiger partial charge on any atom is 0.325 e. The van der Waals surface area contributed by atoms with Gasteiger partial charge in [-0.05, 0) is 52.0 Å². The summed E-state index contributed by atoms with van der Waals surface area (Å²) in [6, 6.07) is -0.622. The molecule has 0 aromatic carbocycles. The van der Waals surface area contributed by atoms with Gasteiger partial charge in [0.25, 0.3) is 5.91 Å². The van der Waals surface area contributed by atoms with E-state index in [9.17, 15) is 19.2 Å². The van der Waals surface area contributed by atoms with E-state index in [0.29, 0.717) is 19.6 Å². The van der Waals surface area contributed by atoms with Crippen LogP contribution >= 0.6 is 0 Å². The average molecular weight is 379 g/mol. The average Bonchev–Trinajstić information content (AvgIpc) is 3.24. The number of carbonyl (C=O) groups is 4. The Balaban J connectivity index is 1.50. The van der Waals surface area contributed by atoms with E-state index >= 15 is 0 Å². The molecule has 5 amide bonds. The van der Waals surface area contributed by atoms with Crippen LogP contribution < -0.4 is 16.0 Å². The molecule has 2 atom stereocenters. The van der Waals surface area contributed by atoms with Crippen molar-refractivity contribution < 1.29 is 19.2 Å². The first kappa shape index (κ1) is 19.6. The zero-order chi connectivity index (χ0) is 19.6. The largest absolute Gasteiger partial charge is 0.354 e. The smallest absolute Gasteiger partial charge is 0.325 e. The normalized spacial score (nSPS) is 27.6. The molecule has 0 aromatic heterocycles. The first-order valence-electron chi connectivity index (χ1n) is 9.71. The van der Waals surface area contributed by atoms with E-state index in [1.54, 1.807) is 18.7 Å². The van der Waals surface area contributed by atoms with Gasteiger partial charge < -0.3 is 20.4 Å². The lowest BCUT2D eigenvalue weighted by Gasteiger charge is -2.35. The van der Waals surface area contributed by atoms with Gasteiger partial charge in [-0.15, -0.1) is 0 Å². The van der Waals surface area contributed by atoms with Crippen molar-refractivity contribution in [1.82, 2.24) is 25.8 Å². The maximum atomic E-state index is 12.7. The van der Waals surface area contributed by atoms with Crippen molar-refractivity contribution in [3.05, 3.63) is 0 Å². The second-order valence-corrected chi connectivity index (χ2v) is 8.15. The number of carbonyl (C=O) groups excluding carboxylic acids is 4. The van der Waals surface area contributed by atoms with Gasteiger partial charge in [-0.3, -0.25) is 19.7 Å². The molecule has 2 unspecified atom stereocenters. The van der Waals surface area contributed by atoms with E-state index in [1.165, 1.54) is 4.90 Å². The van der Waals surface area contributed by atoms with E-state index in [4.69, 9.17) is 0 Å². The highest BCUT2D eigenvalue weighted by Gasteiger charge is 2.46. The fourth-order valence-corrected chi connectivity index (χ4v) is 3.93. The lowest BCUT2D eigenvalue weighted by atomic mass is 9.97. The summed E-state index contributed by atoms with van der Waals surface area (Å²) in [4.78, 5) is 51.6. The minimum atomic E-state index is -1.02. The third-order valence-corrected chi connectivity index (χ3v) is 5.80. The van der Waals surface area contributed by atoms with Crippen molar-refractivity contribution in [3.8, 4) is 0 Å². The standard InChI is InChI=1S/C18H29N5O4/c1-18(2)16(26)21-17(27)23(18)11-14(24)22-8-4-5-12(10-22)9-20-15(25)13-6-3-7-19-13/h12-13,19H,3-11H2,1-2H3,(H,20,25)(H,21,26,27). The Morgan fingerprint density at radius 2 is 2.00 bits per heavy atom. The highest BCUT2D eigenvalue weighted by atomic mass is 16.2. The lowest BCUT2D eigenvalue weighted by Crippen LogP contribution is -2.52. The summed E-state index contributed by atoms with van der Waals surface area (Å²) in [7, 11) is 0. The Kier molecular flexibility index (Phi) is 5.69. The van der Waals surface area contributed by atoms with Crippen LogP contribution in [0.1, 0.15) is 39.5 Å². The van der Waals surface area contributed by atoms with Gasteiger partial charge >= 0.3 is 6.03 Å². The van der Waals surface area contributed by atoms with E-state index in [0.717, 1.165) is 32.2 Å². The highest BCUT2D eigenvalue weighted by Crippen LogP contribution is 2.22. The van der Waals surface area contributed by atoms with Crippen LogP contribution in [0, 0.1) is 5.92 Å². The molecule has 3 rings (SSSR count). The van der Waals surface area contributed by atoms with Crippen LogP contribution in [0.2, 0.25) is 0 Å². The molecule has 150 valence electrons. The molecule has 9 nitrogen and oxygen atoms in total. The van der Waals surface area contributed by atoms with Gasteiger partial charge in [0.1, 0.15) is 12.1 Å². The summed E-state index contributed by atoms with van der Waals surface area (Å²) in [5.74, 6) is -0.318. The molecule has 3 saturated heterocycles.